The maximum absolute atomic E-state index is 11.6. The third-order valence-electron chi connectivity index (χ3n) is 2.88. The number of aromatic nitrogens is 1. The summed E-state index contributed by atoms with van der Waals surface area (Å²) in [4.78, 5) is 29.2. The SMILES string of the molecule is CN(C)c1ccc2sc(C(CC(=O)S)C(=O)S)nc2c1. The van der Waals surface area contributed by atoms with E-state index in [1.165, 1.54) is 11.3 Å². The van der Waals surface area contributed by atoms with Gasteiger partial charge in [0, 0.05) is 26.2 Å². The highest BCUT2D eigenvalue weighted by Crippen LogP contribution is 2.32. The molecular formula is C13H14N2O2S3. The van der Waals surface area contributed by atoms with Gasteiger partial charge in [0.1, 0.15) is 5.01 Å². The van der Waals surface area contributed by atoms with Crippen LogP contribution in [0.2, 0.25) is 0 Å². The molecule has 0 saturated heterocycles. The Kier molecular flexibility index (Phi) is 4.72. The molecule has 0 radical (unpaired) electrons. The van der Waals surface area contributed by atoms with Gasteiger partial charge >= 0.3 is 0 Å². The Balaban J connectivity index is 2.43. The van der Waals surface area contributed by atoms with Crippen molar-refractivity contribution >= 4 is 62.7 Å². The predicted octanol–water partition coefficient (Wildman–Crippen LogP) is 2.75. The molecular weight excluding hydrogens is 312 g/mol. The van der Waals surface area contributed by atoms with Gasteiger partial charge in [0.15, 0.2) is 10.2 Å². The number of thiazole rings is 1. The number of benzene rings is 1. The van der Waals surface area contributed by atoms with Crippen molar-refractivity contribution < 1.29 is 9.59 Å². The molecule has 2 rings (SSSR count). The second-order valence-corrected chi connectivity index (χ2v) is 6.59. The van der Waals surface area contributed by atoms with Crippen molar-refractivity contribution in [3.8, 4) is 0 Å². The van der Waals surface area contributed by atoms with Crippen LogP contribution in [0, 0.1) is 0 Å². The Labute approximate surface area is 132 Å². The number of carbonyl (C=O) groups excluding carboxylic acids is 2. The summed E-state index contributed by atoms with van der Waals surface area (Å²) in [5.74, 6) is -0.622. The first-order valence-corrected chi connectivity index (χ1v) is 7.62. The predicted molar refractivity (Wildman–Crippen MR) is 89.3 cm³/mol. The summed E-state index contributed by atoms with van der Waals surface area (Å²) < 4.78 is 0.983. The molecule has 1 unspecified atom stereocenters. The minimum atomic E-state index is -0.622. The van der Waals surface area contributed by atoms with E-state index in [0.717, 1.165) is 15.9 Å². The van der Waals surface area contributed by atoms with Crippen LogP contribution in [-0.4, -0.2) is 29.3 Å². The first-order valence-electron chi connectivity index (χ1n) is 5.91. The molecule has 0 spiro atoms. The smallest absolute Gasteiger partial charge is 0.196 e. The molecule has 1 aromatic carbocycles. The summed E-state index contributed by atoms with van der Waals surface area (Å²) in [5.41, 5.74) is 1.86. The van der Waals surface area contributed by atoms with E-state index in [-0.39, 0.29) is 16.7 Å². The number of carbonyl (C=O) groups is 2. The Morgan fingerprint density at radius 2 is 2.05 bits per heavy atom. The number of anilines is 1. The Bertz CT molecular complexity index is 667. The summed E-state index contributed by atoms with van der Waals surface area (Å²) in [6, 6.07) is 5.91. The molecule has 1 atom stereocenters. The van der Waals surface area contributed by atoms with E-state index in [0.29, 0.717) is 5.01 Å². The van der Waals surface area contributed by atoms with E-state index in [1.807, 2.05) is 37.2 Å². The summed E-state index contributed by atoms with van der Waals surface area (Å²) in [7, 11) is 3.90. The van der Waals surface area contributed by atoms with Gasteiger partial charge in [-0.1, -0.05) is 0 Å². The molecule has 0 saturated carbocycles. The molecule has 20 heavy (non-hydrogen) atoms. The monoisotopic (exact) mass is 326 g/mol. The van der Waals surface area contributed by atoms with E-state index in [4.69, 9.17) is 0 Å². The molecule has 0 N–H and O–H groups in total. The first-order chi connectivity index (χ1) is 9.38. The third-order valence-corrected chi connectivity index (χ3v) is 4.52. The molecule has 0 bridgehead atoms. The van der Waals surface area contributed by atoms with Gasteiger partial charge in [-0.15, -0.1) is 36.6 Å². The number of nitrogens with zero attached hydrogens (tertiary/aromatic N) is 2. The summed E-state index contributed by atoms with van der Waals surface area (Å²) in [6.07, 6.45) is 0.0196. The van der Waals surface area contributed by atoms with Gasteiger partial charge in [-0.2, -0.15) is 0 Å². The van der Waals surface area contributed by atoms with E-state index >= 15 is 0 Å². The van der Waals surface area contributed by atoms with Crippen molar-refractivity contribution in [2.24, 2.45) is 0 Å². The number of hydrogen-bond donors (Lipinski definition) is 2. The Morgan fingerprint density at radius 1 is 1.35 bits per heavy atom. The zero-order chi connectivity index (χ0) is 14.9. The highest BCUT2D eigenvalue weighted by Gasteiger charge is 2.24. The Hall–Kier alpha value is -1.05. The van der Waals surface area contributed by atoms with Gasteiger partial charge in [-0.25, -0.2) is 4.98 Å². The van der Waals surface area contributed by atoms with Crippen molar-refractivity contribution in [1.82, 2.24) is 4.98 Å². The van der Waals surface area contributed by atoms with Crippen LogP contribution >= 0.6 is 36.6 Å². The largest absolute Gasteiger partial charge is 0.378 e. The normalized spacial score (nSPS) is 12.4. The molecule has 2 aromatic rings. The molecule has 0 aliphatic carbocycles. The fraction of sp³-hybridized carbons (Fsp3) is 0.308. The van der Waals surface area contributed by atoms with Crippen molar-refractivity contribution in [2.45, 2.75) is 12.3 Å². The molecule has 0 aliphatic heterocycles. The van der Waals surface area contributed by atoms with Crippen LogP contribution in [0.1, 0.15) is 17.3 Å². The van der Waals surface area contributed by atoms with Gasteiger partial charge in [0.25, 0.3) is 0 Å². The van der Waals surface area contributed by atoms with E-state index in [9.17, 15) is 9.59 Å². The van der Waals surface area contributed by atoms with Gasteiger partial charge < -0.3 is 4.90 Å². The van der Waals surface area contributed by atoms with Crippen LogP contribution in [0.3, 0.4) is 0 Å². The van der Waals surface area contributed by atoms with Crippen molar-refractivity contribution in [3.05, 3.63) is 23.2 Å². The van der Waals surface area contributed by atoms with Crippen LogP contribution in [0.5, 0.6) is 0 Å². The minimum Gasteiger partial charge on any atom is -0.378 e. The van der Waals surface area contributed by atoms with E-state index in [2.05, 4.69) is 30.2 Å². The Morgan fingerprint density at radius 3 is 2.60 bits per heavy atom. The van der Waals surface area contributed by atoms with Gasteiger partial charge in [0.2, 0.25) is 0 Å². The third kappa shape index (κ3) is 3.34. The van der Waals surface area contributed by atoms with Gasteiger partial charge in [-0.05, 0) is 18.2 Å². The second kappa shape index (κ2) is 6.15. The molecule has 4 nitrogen and oxygen atoms in total. The van der Waals surface area contributed by atoms with E-state index in [1.54, 1.807) is 0 Å². The lowest BCUT2D eigenvalue weighted by molar-refractivity contribution is -0.116. The van der Waals surface area contributed by atoms with Crippen LogP contribution < -0.4 is 4.90 Å². The van der Waals surface area contributed by atoms with Gasteiger partial charge in [-0.3, -0.25) is 9.59 Å². The molecule has 1 aromatic heterocycles. The van der Waals surface area contributed by atoms with Crippen molar-refractivity contribution in [2.75, 3.05) is 19.0 Å². The highest BCUT2D eigenvalue weighted by atomic mass is 32.1. The maximum Gasteiger partial charge on any atom is 0.196 e. The number of hydrogen-bond acceptors (Lipinski definition) is 5. The number of fused-ring (bicyclic) bond motifs is 1. The fourth-order valence-corrected chi connectivity index (χ4v) is 3.35. The molecule has 0 aliphatic rings. The van der Waals surface area contributed by atoms with Crippen molar-refractivity contribution in [1.29, 1.82) is 0 Å². The van der Waals surface area contributed by atoms with Crippen LogP contribution in [0.4, 0.5) is 5.69 Å². The van der Waals surface area contributed by atoms with Crippen molar-refractivity contribution in [3.63, 3.8) is 0 Å². The summed E-state index contributed by atoms with van der Waals surface area (Å²) in [6.45, 7) is 0. The molecule has 1 heterocycles. The van der Waals surface area contributed by atoms with Crippen LogP contribution in [-0.2, 0) is 9.59 Å². The molecule has 106 valence electrons. The lowest BCUT2D eigenvalue weighted by Crippen LogP contribution is -2.09. The van der Waals surface area contributed by atoms with Crippen LogP contribution in [0.15, 0.2) is 18.2 Å². The topological polar surface area (TPSA) is 50.3 Å². The number of rotatable bonds is 5. The zero-order valence-electron chi connectivity index (χ0n) is 11.0. The minimum absolute atomic E-state index is 0.0196. The molecule has 0 amide bonds. The lowest BCUT2D eigenvalue weighted by atomic mass is 10.1. The highest BCUT2D eigenvalue weighted by molar-refractivity contribution is 7.97. The molecule has 7 heteroatoms. The average Bonchev–Trinajstić information content (AvgIpc) is 2.77. The van der Waals surface area contributed by atoms with E-state index < -0.39 is 5.92 Å². The summed E-state index contributed by atoms with van der Waals surface area (Å²) >= 11 is 8.99. The van der Waals surface area contributed by atoms with Gasteiger partial charge in [0.05, 0.1) is 16.1 Å². The molecule has 0 fully saturated rings. The van der Waals surface area contributed by atoms with Crippen LogP contribution in [0.25, 0.3) is 10.2 Å². The fourth-order valence-electron chi connectivity index (χ4n) is 1.82. The maximum atomic E-state index is 11.6. The second-order valence-electron chi connectivity index (χ2n) is 4.59. The summed E-state index contributed by atoms with van der Waals surface area (Å²) in [5, 5.41) is -0.0942. The standard InChI is InChI=1S/C13H14N2O2S3/c1-15(2)7-3-4-10-9(5-7)14-12(20-10)8(13(17)19)6-11(16)18/h3-5,8H,6H2,1-2H3,(H,16,18)(H,17,19). The lowest BCUT2D eigenvalue weighted by Gasteiger charge is -2.11. The average molecular weight is 326 g/mol. The zero-order valence-corrected chi connectivity index (χ0v) is 13.6. The quantitative estimate of drug-likeness (QED) is 0.830. The number of thiol groups is 2. The first kappa shape index (κ1) is 15.3.